The van der Waals surface area contributed by atoms with Gasteiger partial charge in [0, 0.05) is 18.9 Å². The first-order valence-corrected chi connectivity index (χ1v) is 5.65. The summed E-state index contributed by atoms with van der Waals surface area (Å²) in [5.74, 6) is 0. The summed E-state index contributed by atoms with van der Waals surface area (Å²) in [4.78, 5) is 10.6. The van der Waals surface area contributed by atoms with Crippen LogP contribution >= 0.6 is 0 Å². The molecule has 2 N–H and O–H groups in total. The van der Waals surface area contributed by atoms with Gasteiger partial charge in [-0.25, -0.2) is 0 Å². The summed E-state index contributed by atoms with van der Waals surface area (Å²) in [6, 6.07) is 7.86. The van der Waals surface area contributed by atoms with Crippen LogP contribution in [0.15, 0.2) is 42.9 Å². The summed E-state index contributed by atoms with van der Waals surface area (Å²) >= 11 is 0. The minimum atomic E-state index is 0.682. The lowest BCUT2D eigenvalue weighted by molar-refractivity contribution is 0.807. The zero-order valence-corrected chi connectivity index (χ0v) is 9.87. The summed E-state index contributed by atoms with van der Waals surface area (Å²) in [5, 5.41) is 0. The lowest BCUT2D eigenvalue weighted by atomic mass is 10.3. The fourth-order valence-corrected chi connectivity index (χ4v) is 1.69. The molecular weight excluding hydrogens is 212 g/mol. The number of hydrogen-bond donors (Lipinski definition) is 1. The Morgan fingerprint density at radius 3 is 2.82 bits per heavy atom. The molecule has 0 aliphatic rings. The van der Waals surface area contributed by atoms with Crippen molar-refractivity contribution < 1.29 is 0 Å². The van der Waals surface area contributed by atoms with Crippen LogP contribution in [0.1, 0.15) is 12.6 Å². The van der Waals surface area contributed by atoms with E-state index in [1.165, 1.54) is 0 Å². The first kappa shape index (κ1) is 11.4. The molecular formula is C13H16N4. The van der Waals surface area contributed by atoms with Gasteiger partial charge < -0.3 is 10.6 Å². The quantitative estimate of drug-likeness (QED) is 0.870. The molecule has 2 aromatic rings. The van der Waals surface area contributed by atoms with E-state index in [9.17, 15) is 0 Å². The number of pyridine rings is 2. The first-order chi connectivity index (χ1) is 8.29. The molecule has 88 valence electrons. The first-order valence-electron chi connectivity index (χ1n) is 5.65. The highest BCUT2D eigenvalue weighted by atomic mass is 15.1. The predicted octanol–water partition coefficient (Wildman–Crippen LogP) is 2.09. The van der Waals surface area contributed by atoms with E-state index in [0.29, 0.717) is 5.69 Å². The Morgan fingerprint density at radius 1 is 1.29 bits per heavy atom. The molecule has 17 heavy (non-hydrogen) atoms. The molecule has 0 fully saturated rings. The molecule has 0 aromatic carbocycles. The fourth-order valence-electron chi connectivity index (χ4n) is 1.69. The number of aromatic nitrogens is 2. The van der Waals surface area contributed by atoms with Gasteiger partial charge in [0.2, 0.25) is 0 Å². The summed E-state index contributed by atoms with van der Waals surface area (Å²) in [6.45, 7) is 3.76. The van der Waals surface area contributed by atoms with E-state index >= 15 is 0 Å². The second-order valence-corrected chi connectivity index (χ2v) is 3.81. The molecule has 0 saturated heterocycles. The Kier molecular flexibility index (Phi) is 3.55. The van der Waals surface area contributed by atoms with Gasteiger partial charge in [-0.3, -0.25) is 9.97 Å². The van der Waals surface area contributed by atoms with Crippen LogP contribution in [0.4, 0.5) is 11.4 Å². The van der Waals surface area contributed by atoms with E-state index in [0.717, 1.165) is 24.5 Å². The highest BCUT2D eigenvalue weighted by molar-refractivity contribution is 5.53. The Labute approximate surface area is 101 Å². The number of nitrogens with zero attached hydrogens (tertiary/aromatic N) is 3. The normalized spacial score (nSPS) is 10.2. The molecule has 2 aromatic heterocycles. The fraction of sp³-hybridized carbons (Fsp3) is 0.231. The Hall–Kier alpha value is -2.10. The zero-order chi connectivity index (χ0) is 12.1. The van der Waals surface area contributed by atoms with Crippen LogP contribution in [-0.4, -0.2) is 16.5 Å². The maximum Gasteiger partial charge on any atom is 0.0602 e. The Morgan fingerprint density at radius 2 is 2.18 bits per heavy atom. The number of hydrogen-bond acceptors (Lipinski definition) is 4. The molecule has 2 heterocycles. The summed E-state index contributed by atoms with van der Waals surface area (Å²) in [6.07, 6.45) is 5.28. The van der Waals surface area contributed by atoms with Crippen LogP contribution in [0.5, 0.6) is 0 Å². The van der Waals surface area contributed by atoms with E-state index in [-0.39, 0.29) is 0 Å². The minimum absolute atomic E-state index is 0.682. The number of rotatable bonds is 4. The molecule has 0 unspecified atom stereocenters. The van der Waals surface area contributed by atoms with Crippen molar-refractivity contribution in [1.82, 2.24) is 9.97 Å². The lowest BCUT2D eigenvalue weighted by Gasteiger charge is -2.22. The molecule has 0 radical (unpaired) electrons. The minimum Gasteiger partial charge on any atom is -0.397 e. The molecule has 0 aliphatic heterocycles. The number of nitrogens with two attached hydrogens (primary N) is 1. The van der Waals surface area contributed by atoms with Crippen molar-refractivity contribution in [1.29, 1.82) is 0 Å². The summed E-state index contributed by atoms with van der Waals surface area (Å²) in [5.41, 5.74) is 8.49. The van der Waals surface area contributed by atoms with E-state index in [4.69, 9.17) is 5.73 Å². The van der Waals surface area contributed by atoms with Crippen molar-refractivity contribution in [2.24, 2.45) is 0 Å². The van der Waals surface area contributed by atoms with Crippen molar-refractivity contribution in [3.05, 3.63) is 48.5 Å². The van der Waals surface area contributed by atoms with Crippen LogP contribution in [-0.2, 0) is 6.54 Å². The molecule has 0 spiro atoms. The van der Waals surface area contributed by atoms with Crippen molar-refractivity contribution in [3.63, 3.8) is 0 Å². The van der Waals surface area contributed by atoms with Gasteiger partial charge >= 0.3 is 0 Å². The predicted molar refractivity (Wildman–Crippen MR) is 69.6 cm³/mol. The van der Waals surface area contributed by atoms with E-state index < -0.39 is 0 Å². The molecule has 0 amide bonds. The molecule has 4 nitrogen and oxygen atoms in total. The van der Waals surface area contributed by atoms with Gasteiger partial charge in [-0.15, -0.1) is 0 Å². The molecule has 0 aliphatic carbocycles. The van der Waals surface area contributed by atoms with Crippen LogP contribution < -0.4 is 10.6 Å². The maximum atomic E-state index is 5.74. The largest absolute Gasteiger partial charge is 0.397 e. The topological polar surface area (TPSA) is 55.0 Å². The lowest BCUT2D eigenvalue weighted by Crippen LogP contribution is -2.22. The van der Waals surface area contributed by atoms with Gasteiger partial charge in [0.25, 0.3) is 0 Å². The van der Waals surface area contributed by atoms with Gasteiger partial charge in [0.15, 0.2) is 0 Å². The number of nitrogen functional groups attached to an aromatic ring is 1. The Balaban J connectivity index is 2.17. The van der Waals surface area contributed by atoms with E-state index in [1.807, 2.05) is 30.5 Å². The standard InChI is InChI=1S/C13H16N4/c1-2-17(10-12-5-3-4-6-16-12)13-7-11(14)8-15-9-13/h3-9H,2,10,14H2,1H3. The van der Waals surface area contributed by atoms with Gasteiger partial charge in [-0.2, -0.15) is 0 Å². The molecule has 4 heteroatoms. The van der Waals surface area contributed by atoms with Crippen LogP contribution in [0.2, 0.25) is 0 Å². The number of anilines is 2. The van der Waals surface area contributed by atoms with Crippen LogP contribution in [0.3, 0.4) is 0 Å². The van der Waals surface area contributed by atoms with E-state index in [2.05, 4.69) is 21.8 Å². The third-order valence-electron chi connectivity index (χ3n) is 2.57. The summed E-state index contributed by atoms with van der Waals surface area (Å²) < 4.78 is 0. The van der Waals surface area contributed by atoms with E-state index in [1.54, 1.807) is 12.4 Å². The highest BCUT2D eigenvalue weighted by Gasteiger charge is 2.06. The highest BCUT2D eigenvalue weighted by Crippen LogP contribution is 2.17. The average molecular weight is 228 g/mol. The third kappa shape index (κ3) is 2.93. The zero-order valence-electron chi connectivity index (χ0n) is 9.87. The molecule has 0 atom stereocenters. The maximum absolute atomic E-state index is 5.74. The molecule has 2 rings (SSSR count). The van der Waals surface area contributed by atoms with Crippen molar-refractivity contribution >= 4 is 11.4 Å². The van der Waals surface area contributed by atoms with Crippen LogP contribution in [0.25, 0.3) is 0 Å². The molecule has 0 bridgehead atoms. The van der Waals surface area contributed by atoms with Crippen molar-refractivity contribution in [2.75, 3.05) is 17.2 Å². The summed E-state index contributed by atoms with van der Waals surface area (Å²) in [7, 11) is 0. The average Bonchev–Trinajstić information content (AvgIpc) is 2.37. The van der Waals surface area contributed by atoms with Gasteiger partial charge in [-0.05, 0) is 25.1 Å². The molecule has 0 saturated carbocycles. The van der Waals surface area contributed by atoms with Crippen molar-refractivity contribution in [3.8, 4) is 0 Å². The van der Waals surface area contributed by atoms with Gasteiger partial charge in [0.1, 0.15) is 0 Å². The second kappa shape index (κ2) is 5.30. The smallest absolute Gasteiger partial charge is 0.0602 e. The third-order valence-corrected chi connectivity index (χ3v) is 2.57. The van der Waals surface area contributed by atoms with Crippen molar-refractivity contribution in [2.45, 2.75) is 13.5 Å². The Bertz CT molecular complexity index is 470. The monoisotopic (exact) mass is 228 g/mol. The van der Waals surface area contributed by atoms with Crippen LogP contribution in [0, 0.1) is 0 Å². The SMILES string of the molecule is CCN(Cc1ccccn1)c1cncc(N)c1. The van der Waals surface area contributed by atoms with Gasteiger partial charge in [0.05, 0.1) is 29.8 Å². The van der Waals surface area contributed by atoms with Gasteiger partial charge in [-0.1, -0.05) is 6.07 Å². The second-order valence-electron chi connectivity index (χ2n) is 3.81.